The number of aliphatic hydroxyl groups excluding tert-OH is 2. The molecule has 12 nitrogen and oxygen atoms in total. The number of esters is 1. The van der Waals surface area contributed by atoms with E-state index in [-0.39, 0.29) is 31.1 Å². The maximum absolute atomic E-state index is 14.9. The number of rotatable bonds is 29. The molecule has 0 aliphatic carbocycles. The third kappa shape index (κ3) is 15.8. The molecule has 0 aliphatic heterocycles. The highest BCUT2D eigenvalue weighted by Gasteiger charge is 2.41. The Bertz CT molecular complexity index is 2840. The zero-order chi connectivity index (χ0) is 56.0. The van der Waals surface area contributed by atoms with E-state index < -0.39 is 69.9 Å². The first-order chi connectivity index (χ1) is 38.3. The Hall–Kier alpha value is -7.49. The van der Waals surface area contributed by atoms with Gasteiger partial charge >= 0.3 is 5.97 Å². The molecule has 0 saturated carbocycles. The molecule has 410 valence electrons. The fraction of sp³-hybridized carbons (Fsp3) is 0.277. The van der Waals surface area contributed by atoms with Crippen molar-refractivity contribution in [2.45, 2.75) is 79.4 Å². The first-order valence-electron chi connectivity index (χ1n) is 26.6. The van der Waals surface area contributed by atoms with Gasteiger partial charge in [-0.15, -0.1) is 23.5 Å². The molecular weight excluding hydrogens is 1030 g/mol. The van der Waals surface area contributed by atoms with Gasteiger partial charge in [-0.05, 0) is 51.5 Å². The lowest BCUT2D eigenvalue weighted by Crippen LogP contribution is -2.58. The van der Waals surface area contributed by atoms with Gasteiger partial charge in [0, 0.05) is 25.4 Å². The summed E-state index contributed by atoms with van der Waals surface area (Å²) in [6, 6.07) is 57.6. The Morgan fingerprint density at radius 3 is 1.49 bits per heavy atom. The second-order valence-corrected chi connectivity index (χ2v) is 22.2. The number of nitrogens with zero attached hydrogens (tertiary/aromatic N) is 2. The highest BCUT2D eigenvalue weighted by atomic mass is 32.2. The fourth-order valence-electron chi connectivity index (χ4n) is 9.72. The number of imidazole rings is 1. The van der Waals surface area contributed by atoms with Crippen LogP contribution in [0.1, 0.15) is 72.2 Å². The Labute approximate surface area is 473 Å². The van der Waals surface area contributed by atoms with Crippen LogP contribution in [-0.2, 0) is 46.9 Å². The average molecular weight is 1100 g/mol. The molecule has 6 aromatic carbocycles. The van der Waals surface area contributed by atoms with Crippen molar-refractivity contribution in [3.05, 3.63) is 258 Å². The fourth-order valence-corrected chi connectivity index (χ4v) is 12.7. The summed E-state index contributed by atoms with van der Waals surface area (Å²) in [6.45, 7) is 7.17. The molecule has 0 saturated heterocycles. The average Bonchev–Trinajstić information content (AvgIpc) is 3.96. The third-order valence-electron chi connectivity index (χ3n) is 13.5. The van der Waals surface area contributed by atoms with Gasteiger partial charge in [0.05, 0.1) is 52.6 Å². The number of ether oxygens (including phenoxy) is 1. The van der Waals surface area contributed by atoms with Crippen LogP contribution in [0.5, 0.6) is 0 Å². The van der Waals surface area contributed by atoms with Crippen molar-refractivity contribution >= 4 is 47.2 Å². The minimum atomic E-state index is -1.33. The van der Waals surface area contributed by atoms with Crippen LogP contribution in [0, 0.1) is 5.92 Å². The number of aliphatic hydroxyl groups is 2. The first-order valence-corrected chi connectivity index (χ1v) is 28.6. The number of amides is 3. The summed E-state index contributed by atoms with van der Waals surface area (Å²) in [5.74, 6) is -2.18. The quantitative estimate of drug-likeness (QED) is 0.0132. The molecule has 0 radical (unpaired) electrons. The minimum absolute atomic E-state index is 0.00770. The summed E-state index contributed by atoms with van der Waals surface area (Å²) < 4.78 is 5.49. The van der Waals surface area contributed by atoms with Crippen LogP contribution in [0.2, 0.25) is 0 Å². The monoisotopic (exact) mass is 1100 g/mol. The SMILES string of the molecule is C=CCOC(=O)C[C@H](O)[C@H](NC(=O)C(CSC(c1ccccc1)(c1ccccc1)c1ccccc1)NC(=O)C(Cc1cn(C)cn1)NC(=O)CC(O)C=CCCSC(c1ccccc1)(c1ccccc1)c1ccccc1)C(C)C. The van der Waals surface area contributed by atoms with Crippen molar-refractivity contribution in [1.82, 2.24) is 25.5 Å². The van der Waals surface area contributed by atoms with E-state index in [1.165, 1.54) is 17.8 Å². The van der Waals surface area contributed by atoms with Gasteiger partial charge in [-0.25, -0.2) is 4.98 Å². The smallest absolute Gasteiger partial charge is 0.308 e. The number of carbonyl (C=O) groups excluding carboxylic acids is 4. The standard InChI is InChI=1S/C65H71N5O7S2/c1-5-39-77-60(74)43-58(72)61(47(2)3)69-63(76)57(45-79-65(51-32-18-9-19-33-51,52-34-20-10-21-35-52)53-36-22-11-23-37-53)68-62(75)56(41-54-44-70(4)46-66-54)67-59(73)42-55(71)38-24-25-40-78-64(48-26-12-6-13-27-48,49-28-14-7-15-29-49)50-30-16-8-17-31-50/h5-24,26-38,44,46-47,55-58,61,71-72H,1,25,39-43,45H2,2-4H3,(H,67,73)(H,68,75)(H,69,76)/t55?,56?,57?,58-,61+/m0/s1. The molecule has 3 unspecified atom stereocenters. The van der Waals surface area contributed by atoms with E-state index in [4.69, 9.17) is 4.74 Å². The second kappa shape index (κ2) is 29.5. The molecule has 0 spiro atoms. The van der Waals surface area contributed by atoms with Gasteiger partial charge < -0.3 is 35.5 Å². The molecule has 1 heterocycles. The van der Waals surface area contributed by atoms with Crippen molar-refractivity contribution in [2.24, 2.45) is 13.0 Å². The van der Waals surface area contributed by atoms with E-state index in [0.717, 1.165) is 33.4 Å². The van der Waals surface area contributed by atoms with Crippen molar-refractivity contribution in [3.63, 3.8) is 0 Å². The van der Waals surface area contributed by atoms with Gasteiger partial charge in [0.25, 0.3) is 0 Å². The van der Waals surface area contributed by atoms with E-state index in [9.17, 15) is 29.4 Å². The molecule has 5 atom stereocenters. The Morgan fingerprint density at radius 1 is 0.633 bits per heavy atom. The molecule has 0 aliphatic rings. The van der Waals surface area contributed by atoms with Gasteiger partial charge in [-0.1, -0.05) is 221 Å². The summed E-state index contributed by atoms with van der Waals surface area (Å²) >= 11 is 3.25. The van der Waals surface area contributed by atoms with Gasteiger partial charge in [-0.3, -0.25) is 19.2 Å². The summed E-state index contributed by atoms with van der Waals surface area (Å²) in [4.78, 5) is 61.0. The van der Waals surface area contributed by atoms with Crippen LogP contribution >= 0.6 is 23.5 Å². The number of hydrogen-bond donors (Lipinski definition) is 5. The third-order valence-corrected chi connectivity index (χ3v) is 16.8. The highest BCUT2D eigenvalue weighted by molar-refractivity contribution is 8.00. The lowest BCUT2D eigenvalue weighted by atomic mass is 9.84. The van der Waals surface area contributed by atoms with Gasteiger partial charge in [0.15, 0.2) is 0 Å². The Kier molecular flexibility index (Phi) is 22.1. The number of allylic oxidation sites excluding steroid dienone is 1. The molecule has 14 heteroatoms. The lowest BCUT2D eigenvalue weighted by molar-refractivity contribution is -0.145. The van der Waals surface area contributed by atoms with Crippen LogP contribution in [0.3, 0.4) is 0 Å². The molecule has 0 fully saturated rings. The van der Waals surface area contributed by atoms with E-state index >= 15 is 0 Å². The zero-order valence-corrected chi connectivity index (χ0v) is 46.6. The van der Waals surface area contributed by atoms with Crippen LogP contribution in [0.15, 0.2) is 219 Å². The van der Waals surface area contributed by atoms with Crippen molar-refractivity contribution in [1.29, 1.82) is 0 Å². The molecule has 0 bridgehead atoms. The number of aryl methyl sites for hydroxylation is 1. The zero-order valence-electron chi connectivity index (χ0n) is 45.0. The van der Waals surface area contributed by atoms with E-state index in [1.54, 1.807) is 42.0 Å². The number of aromatic nitrogens is 2. The van der Waals surface area contributed by atoms with E-state index in [1.807, 2.05) is 129 Å². The molecule has 3 amide bonds. The highest BCUT2D eigenvalue weighted by Crippen LogP contribution is 2.50. The Balaban J connectivity index is 1.12. The minimum Gasteiger partial charge on any atom is -0.461 e. The lowest BCUT2D eigenvalue weighted by Gasteiger charge is -2.37. The first kappa shape index (κ1) is 59.2. The summed E-state index contributed by atoms with van der Waals surface area (Å²) in [5, 5.41) is 31.5. The molecule has 79 heavy (non-hydrogen) atoms. The number of thioether (sulfide) groups is 2. The summed E-state index contributed by atoms with van der Waals surface area (Å²) in [6.07, 6.45) is 5.58. The predicted molar refractivity (Wildman–Crippen MR) is 317 cm³/mol. The largest absolute Gasteiger partial charge is 0.461 e. The maximum Gasteiger partial charge on any atom is 0.308 e. The number of nitrogens with one attached hydrogen (secondary N) is 3. The Morgan fingerprint density at radius 2 is 1.08 bits per heavy atom. The van der Waals surface area contributed by atoms with Crippen molar-refractivity contribution in [2.75, 3.05) is 18.1 Å². The van der Waals surface area contributed by atoms with Crippen LogP contribution < -0.4 is 16.0 Å². The van der Waals surface area contributed by atoms with Crippen molar-refractivity contribution in [3.8, 4) is 0 Å². The van der Waals surface area contributed by atoms with Crippen LogP contribution in [0.4, 0.5) is 0 Å². The molecule has 7 rings (SSSR count). The van der Waals surface area contributed by atoms with E-state index in [2.05, 4.69) is 100 Å². The van der Waals surface area contributed by atoms with Crippen LogP contribution in [-0.4, -0.2) is 91.9 Å². The van der Waals surface area contributed by atoms with Gasteiger partial charge in [-0.2, -0.15) is 0 Å². The topological polar surface area (TPSA) is 172 Å². The predicted octanol–water partition coefficient (Wildman–Crippen LogP) is 9.70. The number of hydrogen-bond acceptors (Lipinski definition) is 10. The maximum atomic E-state index is 14.9. The van der Waals surface area contributed by atoms with Gasteiger partial charge in [0.2, 0.25) is 17.7 Å². The molecule has 7 aromatic rings. The molecule has 1 aromatic heterocycles. The number of benzene rings is 6. The summed E-state index contributed by atoms with van der Waals surface area (Å²) in [7, 11) is 1.80. The second-order valence-electron chi connectivity index (χ2n) is 19.6. The van der Waals surface area contributed by atoms with Gasteiger partial charge in [0.1, 0.15) is 18.7 Å². The molecule has 5 N–H and O–H groups in total. The van der Waals surface area contributed by atoms with Crippen molar-refractivity contribution < 1.29 is 34.1 Å². The van der Waals surface area contributed by atoms with Crippen LogP contribution in [0.25, 0.3) is 0 Å². The molecular formula is C65H71N5O7S2. The summed E-state index contributed by atoms with van der Waals surface area (Å²) in [5.41, 5.74) is 6.74. The number of carbonyl (C=O) groups is 4. The van der Waals surface area contributed by atoms with E-state index in [0.29, 0.717) is 17.9 Å². The normalized spacial score (nSPS) is 13.6.